The van der Waals surface area contributed by atoms with E-state index in [0.717, 1.165) is 28.8 Å². The maximum absolute atomic E-state index is 6.64. The van der Waals surface area contributed by atoms with Crippen LogP contribution in [0.15, 0.2) is 18.2 Å². The Bertz CT molecular complexity index is 638. The zero-order valence-corrected chi connectivity index (χ0v) is 12.6. The van der Waals surface area contributed by atoms with Crippen LogP contribution in [0.4, 0.5) is 0 Å². The lowest BCUT2D eigenvalue weighted by atomic mass is 9.86. The van der Waals surface area contributed by atoms with Gasteiger partial charge in [0, 0.05) is 11.1 Å². The molecule has 1 aromatic heterocycles. The van der Waals surface area contributed by atoms with E-state index in [9.17, 15) is 0 Å². The van der Waals surface area contributed by atoms with Crippen LogP contribution in [0.25, 0.3) is 10.9 Å². The Kier molecular flexibility index (Phi) is 3.05. The largest absolute Gasteiger partial charge is 0.252 e. The summed E-state index contributed by atoms with van der Waals surface area (Å²) in [4.78, 5) is 4.82. The van der Waals surface area contributed by atoms with E-state index in [0.29, 0.717) is 0 Å². The molecular weight excluding hydrogens is 254 g/mol. The highest BCUT2D eigenvalue weighted by Crippen LogP contribution is 2.35. The molecule has 0 spiro atoms. The van der Waals surface area contributed by atoms with Gasteiger partial charge in [-0.2, -0.15) is 0 Å². The topological polar surface area (TPSA) is 12.9 Å². The minimum absolute atomic E-state index is 0.146. The summed E-state index contributed by atoms with van der Waals surface area (Å²) in [5.74, 6) is 0. The van der Waals surface area contributed by atoms with Crippen molar-refractivity contribution in [2.75, 3.05) is 0 Å². The Morgan fingerprint density at radius 1 is 1.11 bits per heavy atom. The van der Waals surface area contributed by atoms with Gasteiger partial charge in [-0.05, 0) is 54.4 Å². The molecule has 0 N–H and O–H groups in total. The SMILES string of the molecule is CC(C)(C)c1ccc2nc3c(c(Cl)c2c1)CCCC3. The first-order valence-corrected chi connectivity index (χ1v) is 7.46. The molecule has 0 amide bonds. The molecule has 1 aliphatic rings. The Labute approximate surface area is 120 Å². The monoisotopic (exact) mass is 273 g/mol. The molecule has 1 nitrogen and oxygen atoms in total. The first-order chi connectivity index (χ1) is 8.97. The van der Waals surface area contributed by atoms with Gasteiger partial charge in [0.25, 0.3) is 0 Å². The van der Waals surface area contributed by atoms with Crippen molar-refractivity contribution in [3.05, 3.63) is 40.0 Å². The van der Waals surface area contributed by atoms with E-state index in [4.69, 9.17) is 16.6 Å². The van der Waals surface area contributed by atoms with Crippen molar-refractivity contribution < 1.29 is 0 Å². The van der Waals surface area contributed by atoms with Crippen LogP contribution < -0.4 is 0 Å². The third-order valence-electron chi connectivity index (χ3n) is 4.06. The van der Waals surface area contributed by atoms with Crippen molar-refractivity contribution >= 4 is 22.5 Å². The number of rotatable bonds is 0. The quantitative estimate of drug-likeness (QED) is 0.653. The Hall–Kier alpha value is -1.08. The number of aryl methyl sites for hydroxylation is 1. The molecule has 0 aliphatic heterocycles. The number of benzene rings is 1. The van der Waals surface area contributed by atoms with Crippen LogP contribution in [0, 0.1) is 0 Å². The highest BCUT2D eigenvalue weighted by molar-refractivity contribution is 6.36. The molecular formula is C17H20ClN. The van der Waals surface area contributed by atoms with E-state index in [1.54, 1.807) is 0 Å². The van der Waals surface area contributed by atoms with E-state index >= 15 is 0 Å². The summed E-state index contributed by atoms with van der Waals surface area (Å²) >= 11 is 6.64. The second-order valence-electron chi connectivity index (χ2n) is 6.54. The third-order valence-corrected chi connectivity index (χ3v) is 4.49. The fourth-order valence-corrected chi connectivity index (χ4v) is 3.19. The Balaban J connectivity index is 2.25. The Morgan fingerprint density at radius 3 is 2.58 bits per heavy atom. The highest BCUT2D eigenvalue weighted by atomic mass is 35.5. The van der Waals surface area contributed by atoms with Crippen molar-refractivity contribution in [2.45, 2.75) is 51.9 Å². The summed E-state index contributed by atoms with van der Waals surface area (Å²) in [7, 11) is 0. The molecule has 3 rings (SSSR count). The van der Waals surface area contributed by atoms with Crippen LogP contribution in [0.1, 0.15) is 50.4 Å². The van der Waals surface area contributed by atoms with E-state index in [-0.39, 0.29) is 5.41 Å². The smallest absolute Gasteiger partial charge is 0.0720 e. The lowest BCUT2D eigenvalue weighted by Crippen LogP contribution is -2.11. The minimum Gasteiger partial charge on any atom is -0.252 e. The molecule has 1 aliphatic carbocycles. The lowest BCUT2D eigenvalue weighted by Gasteiger charge is -2.21. The van der Waals surface area contributed by atoms with Crippen LogP contribution in [-0.4, -0.2) is 4.98 Å². The van der Waals surface area contributed by atoms with E-state index < -0.39 is 0 Å². The van der Waals surface area contributed by atoms with Gasteiger partial charge in [0.1, 0.15) is 0 Å². The molecule has 1 heterocycles. The van der Waals surface area contributed by atoms with Gasteiger partial charge in [0.05, 0.1) is 10.5 Å². The minimum atomic E-state index is 0.146. The molecule has 0 radical (unpaired) electrons. The molecule has 2 aromatic rings. The standard InChI is InChI=1S/C17H20ClN/c1-17(2,3)11-8-9-15-13(10-11)16(18)12-6-4-5-7-14(12)19-15/h8-10H,4-7H2,1-3H3. The number of aromatic nitrogens is 1. The Morgan fingerprint density at radius 2 is 1.84 bits per heavy atom. The predicted molar refractivity (Wildman–Crippen MR) is 82.1 cm³/mol. The van der Waals surface area contributed by atoms with Gasteiger partial charge in [-0.1, -0.05) is 38.4 Å². The van der Waals surface area contributed by atoms with E-state index in [1.807, 2.05) is 0 Å². The van der Waals surface area contributed by atoms with Gasteiger partial charge in [-0.3, -0.25) is 4.98 Å². The van der Waals surface area contributed by atoms with Crippen molar-refractivity contribution in [1.82, 2.24) is 4.98 Å². The van der Waals surface area contributed by atoms with Crippen molar-refractivity contribution in [1.29, 1.82) is 0 Å². The summed E-state index contributed by atoms with van der Waals surface area (Å²) in [5, 5.41) is 2.06. The van der Waals surface area contributed by atoms with Gasteiger partial charge in [0.15, 0.2) is 0 Å². The molecule has 100 valence electrons. The van der Waals surface area contributed by atoms with Gasteiger partial charge in [-0.15, -0.1) is 0 Å². The number of pyridine rings is 1. The number of nitrogens with zero attached hydrogens (tertiary/aromatic N) is 1. The average molecular weight is 274 g/mol. The lowest BCUT2D eigenvalue weighted by molar-refractivity contribution is 0.591. The van der Waals surface area contributed by atoms with Crippen molar-refractivity contribution in [3.8, 4) is 0 Å². The molecule has 0 saturated heterocycles. The molecule has 0 fully saturated rings. The molecule has 0 bridgehead atoms. The van der Waals surface area contributed by atoms with Crippen LogP contribution in [0.5, 0.6) is 0 Å². The van der Waals surface area contributed by atoms with Gasteiger partial charge in [-0.25, -0.2) is 0 Å². The normalized spacial score (nSPS) is 15.6. The van der Waals surface area contributed by atoms with E-state index in [1.165, 1.54) is 29.7 Å². The molecule has 2 heteroatoms. The van der Waals surface area contributed by atoms with Crippen LogP contribution >= 0.6 is 11.6 Å². The second-order valence-corrected chi connectivity index (χ2v) is 6.92. The zero-order chi connectivity index (χ0) is 13.6. The molecule has 1 aromatic carbocycles. The van der Waals surface area contributed by atoms with Crippen LogP contribution in [0.2, 0.25) is 5.02 Å². The number of hydrogen-bond acceptors (Lipinski definition) is 1. The summed E-state index contributed by atoms with van der Waals surface area (Å²) in [6.07, 6.45) is 4.63. The number of hydrogen-bond donors (Lipinski definition) is 0. The van der Waals surface area contributed by atoms with Crippen molar-refractivity contribution in [2.24, 2.45) is 0 Å². The fourth-order valence-electron chi connectivity index (χ4n) is 2.83. The van der Waals surface area contributed by atoms with Gasteiger partial charge >= 0.3 is 0 Å². The van der Waals surface area contributed by atoms with Gasteiger partial charge < -0.3 is 0 Å². The number of fused-ring (bicyclic) bond motifs is 2. The van der Waals surface area contributed by atoms with Gasteiger partial charge in [0.2, 0.25) is 0 Å². The fraction of sp³-hybridized carbons (Fsp3) is 0.471. The van der Waals surface area contributed by atoms with Crippen LogP contribution in [0.3, 0.4) is 0 Å². The summed E-state index contributed by atoms with van der Waals surface area (Å²) in [5.41, 5.74) is 5.00. The molecule has 19 heavy (non-hydrogen) atoms. The maximum Gasteiger partial charge on any atom is 0.0720 e. The molecule has 0 unspecified atom stereocenters. The molecule has 0 saturated carbocycles. The third kappa shape index (κ3) is 2.25. The summed E-state index contributed by atoms with van der Waals surface area (Å²) < 4.78 is 0. The molecule has 0 atom stereocenters. The summed E-state index contributed by atoms with van der Waals surface area (Å²) in [6.45, 7) is 6.69. The van der Waals surface area contributed by atoms with Crippen LogP contribution in [-0.2, 0) is 18.3 Å². The average Bonchev–Trinajstić information content (AvgIpc) is 2.37. The predicted octanol–water partition coefficient (Wildman–Crippen LogP) is 5.06. The highest BCUT2D eigenvalue weighted by Gasteiger charge is 2.19. The van der Waals surface area contributed by atoms with E-state index in [2.05, 4.69) is 39.0 Å². The maximum atomic E-state index is 6.64. The first kappa shape index (κ1) is 12.9. The zero-order valence-electron chi connectivity index (χ0n) is 11.9. The summed E-state index contributed by atoms with van der Waals surface area (Å²) in [6, 6.07) is 6.52. The first-order valence-electron chi connectivity index (χ1n) is 7.08. The van der Waals surface area contributed by atoms with Crippen molar-refractivity contribution in [3.63, 3.8) is 0 Å². The second kappa shape index (κ2) is 4.49. The number of halogens is 1.